The van der Waals surface area contributed by atoms with Crippen LogP contribution in [0, 0.1) is 0 Å². The lowest BCUT2D eigenvalue weighted by Gasteiger charge is -2.34. The fourth-order valence-corrected chi connectivity index (χ4v) is 5.67. The van der Waals surface area contributed by atoms with E-state index in [9.17, 15) is 0 Å². The summed E-state index contributed by atoms with van der Waals surface area (Å²) in [6.45, 7) is 9.08. The molecule has 0 saturated carbocycles. The second-order valence-corrected chi connectivity index (χ2v) is 10.1. The first-order valence-corrected chi connectivity index (χ1v) is 13.2. The van der Waals surface area contributed by atoms with E-state index in [1.807, 2.05) is 6.20 Å². The summed E-state index contributed by atoms with van der Waals surface area (Å²) in [6.07, 6.45) is 4.37. The Kier molecular flexibility index (Phi) is 6.37. The van der Waals surface area contributed by atoms with Gasteiger partial charge in [-0.05, 0) is 46.0 Å². The molecule has 0 spiro atoms. The first-order chi connectivity index (χ1) is 17.6. The number of aromatic amines is 1. The molecule has 0 atom stereocenters. The van der Waals surface area contributed by atoms with Gasteiger partial charge in [0, 0.05) is 61.4 Å². The molecule has 6 rings (SSSR count). The monoisotopic (exact) mass is 488 g/mol. The van der Waals surface area contributed by atoms with Gasteiger partial charge in [0.05, 0.1) is 19.8 Å². The number of fused-ring (bicyclic) bond motifs is 2. The van der Waals surface area contributed by atoms with E-state index in [1.165, 1.54) is 12.8 Å². The number of likely N-dealkylation sites (tertiary alicyclic amines) is 1. The number of morpholine rings is 1. The standard InChI is InChI=1S/C27H36N8O/c1-4-35-23(18-33-12-9-19(10-13-33)32(2)3)29-24-26(34-14-16-36-17-15-34)30-25(31-27(24)35)21-6-5-7-22-20(21)8-11-28-22/h5-8,11,19,28H,4,9-10,12-18H2,1-3H3. The Morgan fingerprint density at radius 2 is 1.83 bits per heavy atom. The van der Waals surface area contributed by atoms with Crippen LogP contribution in [0.5, 0.6) is 0 Å². The molecule has 190 valence electrons. The van der Waals surface area contributed by atoms with Gasteiger partial charge >= 0.3 is 0 Å². The summed E-state index contributed by atoms with van der Waals surface area (Å²) in [4.78, 5) is 26.0. The first kappa shape index (κ1) is 23.4. The Balaban J connectivity index is 1.43. The molecule has 3 aromatic heterocycles. The van der Waals surface area contributed by atoms with Crippen LogP contribution in [-0.4, -0.2) is 93.8 Å². The molecule has 2 aliphatic rings. The van der Waals surface area contributed by atoms with Crippen molar-refractivity contribution >= 4 is 27.9 Å². The average Bonchev–Trinajstić information content (AvgIpc) is 3.53. The van der Waals surface area contributed by atoms with E-state index in [-0.39, 0.29) is 0 Å². The summed E-state index contributed by atoms with van der Waals surface area (Å²) in [6, 6.07) is 9.04. The summed E-state index contributed by atoms with van der Waals surface area (Å²) in [5, 5.41) is 1.14. The zero-order valence-electron chi connectivity index (χ0n) is 21.6. The number of anilines is 1. The van der Waals surface area contributed by atoms with Gasteiger partial charge in [0.2, 0.25) is 0 Å². The Morgan fingerprint density at radius 3 is 2.58 bits per heavy atom. The van der Waals surface area contributed by atoms with Gasteiger partial charge in [-0.2, -0.15) is 0 Å². The van der Waals surface area contributed by atoms with E-state index in [0.717, 1.165) is 84.4 Å². The number of piperidine rings is 1. The van der Waals surface area contributed by atoms with Gasteiger partial charge in [-0.25, -0.2) is 15.0 Å². The van der Waals surface area contributed by atoms with Crippen LogP contribution in [0.25, 0.3) is 33.5 Å². The van der Waals surface area contributed by atoms with Crippen molar-refractivity contribution in [2.45, 2.75) is 38.9 Å². The number of H-pyrrole nitrogens is 1. The van der Waals surface area contributed by atoms with Crippen LogP contribution < -0.4 is 4.90 Å². The molecule has 9 nitrogen and oxygen atoms in total. The largest absolute Gasteiger partial charge is 0.378 e. The van der Waals surface area contributed by atoms with Gasteiger partial charge < -0.3 is 24.1 Å². The van der Waals surface area contributed by atoms with Gasteiger partial charge in [-0.1, -0.05) is 12.1 Å². The lowest BCUT2D eigenvalue weighted by molar-refractivity contribution is 0.122. The van der Waals surface area contributed by atoms with E-state index >= 15 is 0 Å². The highest BCUT2D eigenvalue weighted by Gasteiger charge is 2.26. The number of ether oxygens (including phenoxy) is 1. The molecule has 5 heterocycles. The second-order valence-electron chi connectivity index (χ2n) is 10.1. The summed E-state index contributed by atoms with van der Waals surface area (Å²) in [5.74, 6) is 2.75. The molecular formula is C27H36N8O. The van der Waals surface area contributed by atoms with Crippen molar-refractivity contribution in [2.75, 3.05) is 58.4 Å². The number of nitrogens with zero attached hydrogens (tertiary/aromatic N) is 7. The van der Waals surface area contributed by atoms with Crippen LogP contribution in [0.2, 0.25) is 0 Å². The predicted octanol–water partition coefficient (Wildman–Crippen LogP) is 3.36. The van der Waals surface area contributed by atoms with Crippen LogP contribution in [0.4, 0.5) is 5.82 Å². The highest BCUT2D eigenvalue weighted by molar-refractivity contribution is 5.95. The van der Waals surface area contributed by atoms with Crippen molar-refractivity contribution in [1.29, 1.82) is 0 Å². The molecule has 0 aliphatic carbocycles. The molecule has 9 heteroatoms. The van der Waals surface area contributed by atoms with Crippen molar-refractivity contribution in [3.8, 4) is 11.4 Å². The number of benzene rings is 1. The minimum Gasteiger partial charge on any atom is -0.378 e. The van der Waals surface area contributed by atoms with E-state index in [2.05, 4.69) is 69.5 Å². The lowest BCUT2D eigenvalue weighted by Crippen LogP contribution is -2.41. The van der Waals surface area contributed by atoms with Crippen molar-refractivity contribution < 1.29 is 4.74 Å². The van der Waals surface area contributed by atoms with Crippen LogP contribution >= 0.6 is 0 Å². The maximum atomic E-state index is 5.65. The van der Waals surface area contributed by atoms with Crippen LogP contribution in [-0.2, 0) is 17.8 Å². The number of imidazole rings is 1. The highest BCUT2D eigenvalue weighted by Crippen LogP contribution is 2.32. The van der Waals surface area contributed by atoms with Crippen LogP contribution in [0.3, 0.4) is 0 Å². The number of hydrogen-bond acceptors (Lipinski definition) is 7. The average molecular weight is 489 g/mol. The maximum absolute atomic E-state index is 5.65. The minimum absolute atomic E-state index is 0.670. The number of aryl methyl sites for hydroxylation is 1. The molecule has 2 aliphatic heterocycles. The summed E-state index contributed by atoms with van der Waals surface area (Å²) in [7, 11) is 4.38. The fourth-order valence-electron chi connectivity index (χ4n) is 5.67. The Bertz CT molecular complexity index is 1340. The molecule has 0 radical (unpaired) electrons. The third kappa shape index (κ3) is 4.25. The number of rotatable bonds is 6. The molecule has 2 saturated heterocycles. The lowest BCUT2D eigenvalue weighted by atomic mass is 10.0. The molecule has 2 fully saturated rings. The molecule has 0 unspecified atom stereocenters. The molecule has 4 aromatic rings. The summed E-state index contributed by atoms with van der Waals surface area (Å²) >= 11 is 0. The van der Waals surface area contributed by atoms with E-state index in [1.54, 1.807) is 0 Å². The van der Waals surface area contributed by atoms with Crippen molar-refractivity contribution in [1.82, 2.24) is 34.3 Å². The maximum Gasteiger partial charge on any atom is 0.166 e. The van der Waals surface area contributed by atoms with Gasteiger partial charge in [-0.15, -0.1) is 0 Å². The third-order valence-electron chi connectivity index (χ3n) is 7.77. The number of aromatic nitrogens is 5. The van der Waals surface area contributed by atoms with Gasteiger partial charge in [0.15, 0.2) is 22.8 Å². The third-order valence-corrected chi connectivity index (χ3v) is 7.77. The molecule has 1 aromatic carbocycles. The SMILES string of the molecule is CCn1c(CN2CCC(N(C)C)CC2)nc2c(N3CCOCC3)nc(-c3cccc4[nH]ccc34)nc21. The summed E-state index contributed by atoms with van der Waals surface area (Å²) in [5.41, 5.74) is 3.97. The zero-order valence-corrected chi connectivity index (χ0v) is 21.6. The zero-order chi connectivity index (χ0) is 24.6. The topological polar surface area (TPSA) is 78.3 Å². The minimum atomic E-state index is 0.670. The van der Waals surface area contributed by atoms with Crippen molar-refractivity contribution in [2.24, 2.45) is 0 Å². The number of nitrogens with one attached hydrogen (secondary N) is 1. The Morgan fingerprint density at radius 1 is 1.03 bits per heavy atom. The van der Waals surface area contributed by atoms with Gasteiger partial charge in [0.1, 0.15) is 5.82 Å². The van der Waals surface area contributed by atoms with E-state index in [4.69, 9.17) is 19.7 Å². The first-order valence-electron chi connectivity index (χ1n) is 13.2. The van der Waals surface area contributed by atoms with E-state index in [0.29, 0.717) is 19.3 Å². The molecule has 36 heavy (non-hydrogen) atoms. The summed E-state index contributed by atoms with van der Waals surface area (Å²) < 4.78 is 7.94. The highest BCUT2D eigenvalue weighted by atomic mass is 16.5. The van der Waals surface area contributed by atoms with Crippen LogP contribution in [0.15, 0.2) is 30.5 Å². The molecule has 0 bridgehead atoms. The van der Waals surface area contributed by atoms with Crippen molar-refractivity contribution in [3.05, 3.63) is 36.3 Å². The van der Waals surface area contributed by atoms with E-state index < -0.39 is 0 Å². The van der Waals surface area contributed by atoms with Crippen molar-refractivity contribution in [3.63, 3.8) is 0 Å². The van der Waals surface area contributed by atoms with Gasteiger partial charge in [0.25, 0.3) is 0 Å². The predicted molar refractivity (Wildman–Crippen MR) is 143 cm³/mol. The fraction of sp³-hybridized carbons (Fsp3) is 0.519. The number of hydrogen-bond donors (Lipinski definition) is 1. The van der Waals surface area contributed by atoms with Gasteiger partial charge in [-0.3, -0.25) is 4.90 Å². The molecule has 1 N–H and O–H groups in total. The molecular weight excluding hydrogens is 452 g/mol. The second kappa shape index (κ2) is 9.80. The quantitative estimate of drug-likeness (QED) is 0.446. The molecule has 0 amide bonds. The smallest absolute Gasteiger partial charge is 0.166 e. The van der Waals surface area contributed by atoms with Crippen LogP contribution in [0.1, 0.15) is 25.6 Å². The Labute approximate surface area is 212 Å². The normalized spacial score (nSPS) is 18.2. The Hall–Kier alpha value is -3.01.